The minimum absolute atomic E-state index is 0.00552. The van der Waals surface area contributed by atoms with Crippen LogP contribution < -0.4 is 0 Å². The zero-order valence-electron chi connectivity index (χ0n) is 18.0. The second kappa shape index (κ2) is 8.84. The van der Waals surface area contributed by atoms with Gasteiger partial charge in [0.2, 0.25) is 0 Å². The molecule has 0 fully saturated rings. The van der Waals surface area contributed by atoms with Gasteiger partial charge in [0.25, 0.3) is 0 Å². The second-order valence-corrected chi connectivity index (χ2v) is 14.2. The molecule has 0 saturated carbocycles. The Labute approximate surface area is 180 Å². The monoisotopic (exact) mass is 449 g/mol. The predicted octanol–water partition coefficient (Wildman–Crippen LogP) is 5.96. The van der Waals surface area contributed by atoms with Crippen molar-refractivity contribution in [2.45, 2.75) is 45.5 Å². The molecular weight excluding hydrogens is 423 g/mol. The van der Waals surface area contributed by atoms with Crippen molar-refractivity contribution in [2.24, 2.45) is 0 Å². The van der Waals surface area contributed by atoms with Gasteiger partial charge in [0.05, 0.1) is 5.69 Å². The molecule has 0 atom stereocenters. The van der Waals surface area contributed by atoms with Crippen LogP contribution in [-0.2, 0) is 17.6 Å². The standard InChI is InChI=1S/C22H26F3N3O2Si/c1-15-20(22(23,24)25)27-21(28(15)14-30-11-12-31(2,3)4)17-7-10-19(26-13-17)16-5-8-18(29)9-6-16/h5-10,13,29H,11-12,14H2,1-4H3. The van der Waals surface area contributed by atoms with E-state index in [1.165, 1.54) is 17.7 Å². The molecule has 166 valence electrons. The Hall–Kier alpha value is -2.65. The van der Waals surface area contributed by atoms with Crippen LogP contribution in [0.5, 0.6) is 5.75 Å². The highest BCUT2D eigenvalue weighted by molar-refractivity contribution is 6.76. The Bertz CT molecular complexity index is 1020. The summed E-state index contributed by atoms with van der Waals surface area (Å²) in [6.45, 7) is 8.54. The van der Waals surface area contributed by atoms with E-state index in [1.807, 2.05) is 0 Å². The summed E-state index contributed by atoms with van der Waals surface area (Å²) in [5.74, 6) is 0.314. The Morgan fingerprint density at radius 2 is 1.68 bits per heavy atom. The van der Waals surface area contributed by atoms with Crippen LogP contribution >= 0.6 is 0 Å². The second-order valence-electron chi connectivity index (χ2n) is 8.62. The summed E-state index contributed by atoms with van der Waals surface area (Å²) in [4.78, 5) is 8.26. The number of rotatable bonds is 7. The zero-order valence-corrected chi connectivity index (χ0v) is 19.0. The van der Waals surface area contributed by atoms with E-state index in [4.69, 9.17) is 4.74 Å². The van der Waals surface area contributed by atoms with Crippen LogP contribution in [0.3, 0.4) is 0 Å². The first kappa shape index (κ1) is 23.0. The van der Waals surface area contributed by atoms with Crippen molar-refractivity contribution in [3.63, 3.8) is 0 Å². The van der Waals surface area contributed by atoms with Gasteiger partial charge in [0.1, 0.15) is 18.3 Å². The summed E-state index contributed by atoms with van der Waals surface area (Å²) in [6, 6.07) is 10.9. The van der Waals surface area contributed by atoms with Gasteiger partial charge in [0.15, 0.2) is 5.69 Å². The molecule has 5 nitrogen and oxygen atoms in total. The normalized spacial score (nSPS) is 12.4. The van der Waals surface area contributed by atoms with Gasteiger partial charge in [-0.05, 0) is 49.4 Å². The fourth-order valence-corrected chi connectivity index (χ4v) is 3.80. The van der Waals surface area contributed by atoms with Gasteiger partial charge < -0.3 is 14.4 Å². The number of ether oxygens (including phenoxy) is 1. The molecule has 0 radical (unpaired) electrons. The highest BCUT2D eigenvalue weighted by Gasteiger charge is 2.37. The first-order valence-electron chi connectivity index (χ1n) is 9.93. The number of aromatic nitrogens is 3. The van der Waals surface area contributed by atoms with Crippen LogP contribution in [0.4, 0.5) is 13.2 Å². The summed E-state index contributed by atoms with van der Waals surface area (Å²) in [6.07, 6.45) is -3.05. The number of halogens is 3. The third kappa shape index (κ3) is 5.74. The van der Waals surface area contributed by atoms with Gasteiger partial charge in [-0.25, -0.2) is 4.98 Å². The molecule has 2 heterocycles. The SMILES string of the molecule is Cc1c(C(F)(F)F)nc(-c2ccc(-c3ccc(O)cc3)nc2)n1COCC[Si](C)(C)C. The maximum Gasteiger partial charge on any atom is 0.435 e. The number of hydrogen-bond acceptors (Lipinski definition) is 4. The molecule has 1 aromatic carbocycles. The number of alkyl halides is 3. The number of aromatic hydroxyl groups is 1. The fourth-order valence-electron chi connectivity index (χ4n) is 3.04. The molecule has 0 aliphatic heterocycles. The largest absolute Gasteiger partial charge is 0.508 e. The summed E-state index contributed by atoms with van der Waals surface area (Å²) < 4.78 is 47.6. The average Bonchev–Trinajstić information content (AvgIpc) is 3.02. The van der Waals surface area contributed by atoms with Crippen molar-refractivity contribution in [1.82, 2.24) is 14.5 Å². The molecule has 0 amide bonds. The number of phenolic OH excluding ortho intramolecular Hbond substituents is 1. The lowest BCUT2D eigenvalue weighted by Gasteiger charge is -2.17. The van der Waals surface area contributed by atoms with Crippen LogP contribution in [0.25, 0.3) is 22.6 Å². The molecule has 31 heavy (non-hydrogen) atoms. The predicted molar refractivity (Wildman–Crippen MR) is 116 cm³/mol. The summed E-state index contributed by atoms with van der Waals surface area (Å²) in [7, 11) is -1.31. The molecule has 0 bridgehead atoms. The van der Waals surface area contributed by atoms with Crippen molar-refractivity contribution < 1.29 is 23.0 Å². The van der Waals surface area contributed by atoms with Crippen LogP contribution in [-0.4, -0.2) is 34.3 Å². The third-order valence-corrected chi connectivity index (χ3v) is 6.60. The molecule has 0 aliphatic rings. The highest BCUT2D eigenvalue weighted by atomic mass is 28.3. The molecule has 0 spiro atoms. The lowest BCUT2D eigenvalue weighted by molar-refractivity contribution is -0.141. The number of pyridine rings is 1. The van der Waals surface area contributed by atoms with E-state index in [2.05, 4.69) is 29.6 Å². The van der Waals surface area contributed by atoms with Crippen molar-refractivity contribution in [3.8, 4) is 28.4 Å². The maximum atomic E-state index is 13.5. The summed E-state index contributed by atoms with van der Waals surface area (Å²) in [5, 5.41) is 9.42. The Morgan fingerprint density at radius 3 is 2.23 bits per heavy atom. The van der Waals surface area contributed by atoms with Crippen molar-refractivity contribution in [1.29, 1.82) is 0 Å². The van der Waals surface area contributed by atoms with Crippen molar-refractivity contribution in [3.05, 3.63) is 54.0 Å². The van der Waals surface area contributed by atoms with Crippen molar-refractivity contribution in [2.75, 3.05) is 6.61 Å². The molecule has 0 unspecified atom stereocenters. The first-order chi connectivity index (χ1) is 14.5. The highest BCUT2D eigenvalue weighted by Crippen LogP contribution is 2.34. The van der Waals surface area contributed by atoms with Gasteiger partial charge in [-0.3, -0.25) is 4.98 Å². The Morgan fingerprint density at radius 1 is 1.03 bits per heavy atom. The van der Waals surface area contributed by atoms with Gasteiger partial charge >= 0.3 is 6.18 Å². The third-order valence-electron chi connectivity index (χ3n) is 4.89. The smallest absolute Gasteiger partial charge is 0.435 e. The molecule has 3 aromatic rings. The number of nitrogens with zero attached hydrogens (tertiary/aromatic N) is 3. The lowest BCUT2D eigenvalue weighted by Crippen LogP contribution is -2.22. The number of benzene rings is 1. The van der Waals surface area contributed by atoms with E-state index >= 15 is 0 Å². The minimum Gasteiger partial charge on any atom is -0.508 e. The van der Waals surface area contributed by atoms with Crippen LogP contribution in [0, 0.1) is 6.92 Å². The Balaban J connectivity index is 1.90. The lowest BCUT2D eigenvalue weighted by atomic mass is 10.1. The minimum atomic E-state index is -4.55. The molecule has 9 heteroatoms. The van der Waals surface area contributed by atoms with Crippen molar-refractivity contribution >= 4 is 8.07 Å². The molecule has 1 N–H and O–H groups in total. The topological polar surface area (TPSA) is 60.2 Å². The van der Waals surface area contributed by atoms with Crippen LogP contribution in [0.15, 0.2) is 42.6 Å². The number of imidazole rings is 1. The van der Waals surface area contributed by atoms with E-state index in [0.717, 1.165) is 11.6 Å². The number of phenols is 1. The average molecular weight is 450 g/mol. The van der Waals surface area contributed by atoms with E-state index in [0.29, 0.717) is 17.9 Å². The van der Waals surface area contributed by atoms with Crippen LogP contribution in [0.1, 0.15) is 11.4 Å². The fraction of sp³-hybridized carbons (Fsp3) is 0.364. The molecule has 2 aromatic heterocycles. The zero-order chi connectivity index (χ0) is 22.8. The number of hydrogen-bond donors (Lipinski definition) is 1. The van der Waals surface area contributed by atoms with Gasteiger partial charge in [0, 0.05) is 37.7 Å². The molecule has 0 aliphatic carbocycles. The van der Waals surface area contributed by atoms with Crippen LogP contribution in [0.2, 0.25) is 25.7 Å². The Kier molecular flexibility index (Phi) is 6.56. The summed E-state index contributed by atoms with van der Waals surface area (Å²) >= 11 is 0. The van der Waals surface area contributed by atoms with Gasteiger partial charge in [-0.15, -0.1) is 0 Å². The summed E-state index contributed by atoms with van der Waals surface area (Å²) in [5.41, 5.74) is 0.988. The maximum absolute atomic E-state index is 13.5. The van der Waals surface area contributed by atoms with E-state index in [9.17, 15) is 18.3 Å². The quantitative estimate of drug-likeness (QED) is 0.357. The van der Waals surface area contributed by atoms with E-state index in [1.54, 1.807) is 36.4 Å². The first-order valence-corrected chi connectivity index (χ1v) is 13.6. The van der Waals surface area contributed by atoms with Gasteiger partial charge in [-0.2, -0.15) is 13.2 Å². The molecule has 0 saturated heterocycles. The molecule has 3 rings (SSSR count). The van der Waals surface area contributed by atoms with E-state index in [-0.39, 0.29) is 24.0 Å². The van der Waals surface area contributed by atoms with Gasteiger partial charge in [-0.1, -0.05) is 19.6 Å². The van der Waals surface area contributed by atoms with E-state index < -0.39 is 19.9 Å². The molecular formula is C22H26F3N3O2Si.